The molecule has 1 saturated carbocycles. The Morgan fingerprint density at radius 3 is 2.83 bits per heavy atom. The van der Waals surface area contributed by atoms with Gasteiger partial charge in [0.1, 0.15) is 11.9 Å². The molecule has 0 heterocycles. The molecular formula is C14H17FN2O. The molecule has 0 saturated heterocycles. The minimum absolute atomic E-state index is 0.0715. The number of aliphatic hydroxyl groups is 1. The van der Waals surface area contributed by atoms with Crippen molar-refractivity contribution in [2.24, 2.45) is 5.41 Å². The maximum atomic E-state index is 13.8. The van der Waals surface area contributed by atoms with Crippen LogP contribution in [0.3, 0.4) is 0 Å². The summed E-state index contributed by atoms with van der Waals surface area (Å²) in [6.07, 6.45) is 0.386. The first kappa shape index (κ1) is 13.0. The Hall–Kier alpha value is -1.44. The molecule has 1 aliphatic rings. The van der Waals surface area contributed by atoms with E-state index in [-0.39, 0.29) is 23.1 Å². The Kier molecular flexibility index (Phi) is 3.38. The van der Waals surface area contributed by atoms with Crippen molar-refractivity contribution in [1.29, 1.82) is 5.26 Å². The van der Waals surface area contributed by atoms with Gasteiger partial charge in [-0.15, -0.1) is 0 Å². The van der Waals surface area contributed by atoms with Crippen LogP contribution in [-0.2, 0) is 6.54 Å². The second kappa shape index (κ2) is 4.68. The monoisotopic (exact) mass is 248 g/mol. The fraction of sp³-hybridized carbons (Fsp3) is 0.500. The number of nitrogens with one attached hydrogen (secondary N) is 1. The first-order chi connectivity index (χ1) is 8.46. The summed E-state index contributed by atoms with van der Waals surface area (Å²) in [5, 5.41) is 21.6. The summed E-state index contributed by atoms with van der Waals surface area (Å²) in [7, 11) is 0. The minimum atomic E-state index is -0.454. The summed E-state index contributed by atoms with van der Waals surface area (Å²) >= 11 is 0. The number of nitriles is 1. The van der Waals surface area contributed by atoms with E-state index < -0.39 is 5.82 Å². The molecule has 18 heavy (non-hydrogen) atoms. The summed E-state index contributed by atoms with van der Waals surface area (Å²) in [4.78, 5) is 0. The maximum Gasteiger partial charge on any atom is 0.145 e. The molecule has 2 rings (SSSR count). The predicted octanol–water partition coefficient (Wildman–Crippen LogP) is 1.95. The highest BCUT2D eigenvalue weighted by atomic mass is 19.1. The second-order valence-electron chi connectivity index (χ2n) is 5.40. The van der Waals surface area contributed by atoms with Crippen molar-refractivity contribution in [3.8, 4) is 6.07 Å². The maximum absolute atomic E-state index is 13.8. The minimum Gasteiger partial charge on any atom is -0.392 e. The molecule has 0 aromatic heterocycles. The summed E-state index contributed by atoms with van der Waals surface area (Å²) in [6.45, 7) is 4.35. The number of hydrogen-bond donors (Lipinski definition) is 2. The molecule has 96 valence electrons. The molecule has 1 fully saturated rings. The highest BCUT2D eigenvalue weighted by Gasteiger charge is 2.46. The van der Waals surface area contributed by atoms with Gasteiger partial charge in [-0.2, -0.15) is 5.26 Å². The van der Waals surface area contributed by atoms with Gasteiger partial charge in [0.2, 0.25) is 0 Å². The van der Waals surface area contributed by atoms with Crippen LogP contribution in [-0.4, -0.2) is 17.3 Å². The van der Waals surface area contributed by atoms with E-state index in [1.807, 2.05) is 19.9 Å². The van der Waals surface area contributed by atoms with Crippen LogP contribution in [0.4, 0.5) is 4.39 Å². The lowest BCUT2D eigenvalue weighted by Crippen LogP contribution is -2.59. The molecule has 4 heteroatoms. The fourth-order valence-corrected chi connectivity index (χ4v) is 2.28. The Balaban J connectivity index is 2.02. The van der Waals surface area contributed by atoms with Crippen LogP contribution >= 0.6 is 0 Å². The SMILES string of the molecule is CC1(C)C(O)CC1NCc1cccc(C#N)c1F. The van der Waals surface area contributed by atoms with Crippen LogP contribution in [0, 0.1) is 22.6 Å². The van der Waals surface area contributed by atoms with Gasteiger partial charge < -0.3 is 10.4 Å². The van der Waals surface area contributed by atoms with Crippen LogP contribution in [0.15, 0.2) is 18.2 Å². The van der Waals surface area contributed by atoms with Crippen molar-refractivity contribution in [2.45, 2.75) is 39.0 Å². The topological polar surface area (TPSA) is 56.0 Å². The van der Waals surface area contributed by atoms with Gasteiger partial charge in [0, 0.05) is 23.6 Å². The van der Waals surface area contributed by atoms with Gasteiger partial charge in [-0.25, -0.2) is 4.39 Å². The van der Waals surface area contributed by atoms with E-state index in [1.54, 1.807) is 12.1 Å². The van der Waals surface area contributed by atoms with Crippen LogP contribution in [0.25, 0.3) is 0 Å². The lowest BCUT2D eigenvalue weighted by atomic mass is 9.64. The summed E-state index contributed by atoms with van der Waals surface area (Å²) in [6, 6.07) is 6.83. The van der Waals surface area contributed by atoms with E-state index in [1.165, 1.54) is 6.07 Å². The van der Waals surface area contributed by atoms with E-state index in [9.17, 15) is 9.50 Å². The number of rotatable bonds is 3. The Morgan fingerprint density at radius 1 is 1.56 bits per heavy atom. The molecule has 2 atom stereocenters. The van der Waals surface area contributed by atoms with E-state index >= 15 is 0 Å². The molecule has 1 aromatic carbocycles. The summed E-state index contributed by atoms with van der Waals surface area (Å²) < 4.78 is 13.8. The number of benzene rings is 1. The van der Waals surface area contributed by atoms with Crippen LogP contribution in [0.5, 0.6) is 0 Å². The average Bonchev–Trinajstić information content (AvgIpc) is 2.35. The fourth-order valence-electron chi connectivity index (χ4n) is 2.28. The van der Waals surface area contributed by atoms with Crippen molar-refractivity contribution in [2.75, 3.05) is 0 Å². The molecule has 0 spiro atoms. The van der Waals surface area contributed by atoms with Crippen LogP contribution in [0.1, 0.15) is 31.4 Å². The van der Waals surface area contributed by atoms with Gasteiger partial charge in [-0.3, -0.25) is 0 Å². The Labute approximate surface area is 106 Å². The normalized spacial score (nSPS) is 25.3. The van der Waals surface area contributed by atoms with E-state index in [0.29, 0.717) is 18.5 Å². The van der Waals surface area contributed by atoms with Crippen molar-refractivity contribution in [3.63, 3.8) is 0 Å². The zero-order chi connectivity index (χ0) is 13.3. The molecule has 2 unspecified atom stereocenters. The van der Waals surface area contributed by atoms with Crippen molar-refractivity contribution in [1.82, 2.24) is 5.32 Å². The van der Waals surface area contributed by atoms with Crippen LogP contribution in [0.2, 0.25) is 0 Å². The standard InChI is InChI=1S/C14H17FN2O/c1-14(2)11(6-12(14)18)17-8-10-5-3-4-9(7-16)13(10)15/h3-5,11-12,17-18H,6,8H2,1-2H3. The Bertz CT molecular complexity index is 493. The van der Waals surface area contributed by atoms with Crippen LogP contribution < -0.4 is 5.32 Å². The number of halogens is 1. The van der Waals surface area contributed by atoms with E-state index in [4.69, 9.17) is 5.26 Å². The molecule has 0 aliphatic heterocycles. The first-order valence-electron chi connectivity index (χ1n) is 6.05. The van der Waals surface area contributed by atoms with Crippen molar-refractivity contribution < 1.29 is 9.50 Å². The molecular weight excluding hydrogens is 231 g/mol. The molecule has 1 aromatic rings. The first-order valence-corrected chi connectivity index (χ1v) is 6.05. The number of hydrogen-bond acceptors (Lipinski definition) is 3. The largest absolute Gasteiger partial charge is 0.392 e. The highest BCUT2D eigenvalue weighted by molar-refractivity contribution is 5.34. The third-order valence-corrected chi connectivity index (χ3v) is 3.95. The lowest BCUT2D eigenvalue weighted by molar-refractivity contribution is -0.0730. The van der Waals surface area contributed by atoms with E-state index in [0.717, 1.165) is 0 Å². The quantitative estimate of drug-likeness (QED) is 0.859. The van der Waals surface area contributed by atoms with Gasteiger partial charge in [0.15, 0.2) is 0 Å². The number of aliphatic hydroxyl groups excluding tert-OH is 1. The molecule has 3 nitrogen and oxygen atoms in total. The lowest BCUT2D eigenvalue weighted by Gasteiger charge is -2.49. The smallest absolute Gasteiger partial charge is 0.145 e. The van der Waals surface area contributed by atoms with Gasteiger partial charge >= 0.3 is 0 Å². The zero-order valence-corrected chi connectivity index (χ0v) is 10.6. The summed E-state index contributed by atoms with van der Waals surface area (Å²) in [5.74, 6) is -0.454. The molecule has 1 aliphatic carbocycles. The molecule has 0 bridgehead atoms. The van der Waals surface area contributed by atoms with Gasteiger partial charge in [0.05, 0.1) is 11.7 Å². The predicted molar refractivity (Wildman–Crippen MR) is 66.1 cm³/mol. The average molecular weight is 248 g/mol. The van der Waals surface area contributed by atoms with Gasteiger partial charge in [-0.1, -0.05) is 26.0 Å². The Morgan fingerprint density at radius 2 is 2.28 bits per heavy atom. The van der Waals surface area contributed by atoms with E-state index in [2.05, 4.69) is 5.32 Å². The third kappa shape index (κ3) is 2.12. The second-order valence-corrected chi connectivity index (χ2v) is 5.40. The molecule has 2 N–H and O–H groups in total. The van der Waals surface area contributed by atoms with Gasteiger partial charge in [0.25, 0.3) is 0 Å². The molecule has 0 radical (unpaired) electrons. The molecule has 0 amide bonds. The van der Waals surface area contributed by atoms with Crippen molar-refractivity contribution >= 4 is 0 Å². The summed E-state index contributed by atoms with van der Waals surface area (Å²) in [5.41, 5.74) is 0.386. The van der Waals surface area contributed by atoms with Gasteiger partial charge in [-0.05, 0) is 12.5 Å². The number of nitrogens with zero attached hydrogens (tertiary/aromatic N) is 1. The highest BCUT2D eigenvalue weighted by Crippen LogP contribution is 2.40. The third-order valence-electron chi connectivity index (χ3n) is 3.95. The zero-order valence-electron chi connectivity index (χ0n) is 10.6. The van der Waals surface area contributed by atoms with Crippen molar-refractivity contribution in [3.05, 3.63) is 35.1 Å².